The highest BCUT2D eigenvalue weighted by atomic mass is 16.5. The Morgan fingerprint density at radius 1 is 0.872 bits per heavy atom. The first-order valence-electron chi connectivity index (χ1n) is 13.7. The molecule has 0 amide bonds. The first-order valence-corrected chi connectivity index (χ1v) is 13.7. The van der Waals surface area contributed by atoms with Gasteiger partial charge >= 0.3 is 11.9 Å². The Kier molecular flexibility index (Phi) is 6.77. The molecule has 0 saturated heterocycles. The zero-order chi connectivity index (χ0) is 26.9. The molecule has 0 spiro atoms. The fourth-order valence-corrected chi connectivity index (χ4v) is 5.75. The minimum atomic E-state index is -1.10. The van der Waals surface area contributed by atoms with E-state index in [1.54, 1.807) is 13.8 Å². The van der Waals surface area contributed by atoms with Crippen LogP contribution in [-0.2, 0) is 19.1 Å². The Balaban J connectivity index is 1.67. The van der Waals surface area contributed by atoms with Gasteiger partial charge in [-0.25, -0.2) is 14.8 Å². The number of nitrogens with zero attached hydrogens (tertiary/aromatic N) is 2. The summed E-state index contributed by atoms with van der Waals surface area (Å²) in [5, 5.41) is 5.10. The molecule has 1 unspecified atom stereocenters. The van der Waals surface area contributed by atoms with Crippen LogP contribution < -0.4 is 10.1 Å². The van der Waals surface area contributed by atoms with Gasteiger partial charge in [0.1, 0.15) is 17.2 Å². The normalized spacial score (nSPS) is 17.6. The summed E-state index contributed by atoms with van der Waals surface area (Å²) in [6.07, 6.45) is 5.27. The molecule has 1 aliphatic heterocycles. The summed E-state index contributed by atoms with van der Waals surface area (Å²) in [5.74, 6) is -1.54. The van der Waals surface area contributed by atoms with Gasteiger partial charge < -0.3 is 19.5 Å². The van der Waals surface area contributed by atoms with Crippen molar-refractivity contribution in [3.63, 3.8) is 0 Å². The standard InChI is InChI=1S/C31H31N3O5/c1-3-37-30(35)23-24-27-26(33-21-16-10-11-17-22(21)34-27)19-14-8-9-15-20(19)28(24)39-29(25(23)31(36)38-4-2)32-18-12-6-5-7-13-18/h8-11,14-18,23,32H,3-7,12-13H2,1-2H3. The van der Waals surface area contributed by atoms with Crippen LogP contribution in [0.15, 0.2) is 60.0 Å². The lowest BCUT2D eigenvalue weighted by molar-refractivity contribution is -0.147. The third-order valence-electron chi connectivity index (χ3n) is 7.48. The van der Waals surface area contributed by atoms with E-state index in [0.717, 1.165) is 42.0 Å². The van der Waals surface area contributed by atoms with Crippen molar-refractivity contribution in [3.8, 4) is 5.75 Å². The summed E-state index contributed by atoms with van der Waals surface area (Å²) in [6.45, 7) is 3.81. The van der Waals surface area contributed by atoms with Crippen LogP contribution in [0.3, 0.4) is 0 Å². The van der Waals surface area contributed by atoms with E-state index >= 15 is 0 Å². The number of carbonyl (C=O) groups is 2. The first-order chi connectivity index (χ1) is 19.1. The van der Waals surface area contributed by atoms with E-state index in [1.165, 1.54) is 6.42 Å². The molecular formula is C31H31N3O5. The lowest BCUT2D eigenvalue weighted by Gasteiger charge is -2.33. The van der Waals surface area contributed by atoms with Crippen LogP contribution in [0, 0.1) is 0 Å². The molecule has 3 aromatic carbocycles. The molecule has 0 bridgehead atoms. The van der Waals surface area contributed by atoms with Crippen LogP contribution in [0.1, 0.15) is 57.4 Å². The van der Waals surface area contributed by atoms with Gasteiger partial charge in [-0.3, -0.25) is 4.79 Å². The topological polar surface area (TPSA) is 99.6 Å². The molecule has 1 atom stereocenters. The highest BCUT2D eigenvalue weighted by molar-refractivity contribution is 6.14. The molecule has 2 heterocycles. The molecule has 1 aromatic heterocycles. The monoisotopic (exact) mass is 525 g/mol. The average Bonchev–Trinajstić information content (AvgIpc) is 2.96. The first kappa shape index (κ1) is 25.1. The van der Waals surface area contributed by atoms with Crippen molar-refractivity contribution < 1.29 is 23.8 Å². The van der Waals surface area contributed by atoms with Crippen LogP contribution >= 0.6 is 0 Å². The number of aromatic nitrogens is 2. The van der Waals surface area contributed by atoms with Gasteiger partial charge in [0.15, 0.2) is 0 Å². The minimum Gasteiger partial charge on any atom is -0.465 e. The van der Waals surface area contributed by atoms with Crippen molar-refractivity contribution in [1.29, 1.82) is 0 Å². The summed E-state index contributed by atoms with van der Waals surface area (Å²) >= 11 is 0. The Morgan fingerprint density at radius 2 is 1.51 bits per heavy atom. The number of para-hydroxylation sites is 2. The molecule has 8 heteroatoms. The van der Waals surface area contributed by atoms with E-state index in [4.69, 9.17) is 24.2 Å². The van der Waals surface area contributed by atoms with Crippen LogP contribution in [0.4, 0.5) is 0 Å². The van der Waals surface area contributed by atoms with E-state index < -0.39 is 17.9 Å². The number of carbonyl (C=O) groups excluding carboxylic acids is 2. The second kappa shape index (κ2) is 10.5. The van der Waals surface area contributed by atoms with Crippen molar-refractivity contribution in [3.05, 3.63) is 65.6 Å². The number of fused-ring (bicyclic) bond motifs is 7. The lowest BCUT2D eigenvalue weighted by Crippen LogP contribution is -2.39. The Labute approximate surface area is 226 Å². The average molecular weight is 526 g/mol. The van der Waals surface area contributed by atoms with E-state index in [-0.39, 0.29) is 30.7 Å². The summed E-state index contributed by atoms with van der Waals surface area (Å²) in [5.41, 5.74) is 3.13. The minimum absolute atomic E-state index is 0.111. The highest BCUT2D eigenvalue weighted by Gasteiger charge is 2.44. The third kappa shape index (κ3) is 4.43. The number of hydrogen-bond donors (Lipinski definition) is 1. The number of hydrogen-bond acceptors (Lipinski definition) is 8. The molecule has 8 nitrogen and oxygen atoms in total. The molecule has 200 valence electrons. The number of ether oxygens (including phenoxy) is 3. The second-order valence-corrected chi connectivity index (χ2v) is 9.93. The number of nitrogens with one attached hydrogen (secondary N) is 1. The Hall–Kier alpha value is -4.20. The summed E-state index contributed by atoms with van der Waals surface area (Å²) in [6, 6.07) is 15.5. The van der Waals surface area contributed by atoms with Gasteiger partial charge in [-0.2, -0.15) is 0 Å². The zero-order valence-electron chi connectivity index (χ0n) is 22.2. The SMILES string of the molecule is CCOC(=O)C1=C(NC2CCCCC2)Oc2c(c3nc4ccccc4nc3c3ccccc23)C1C(=O)OCC. The van der Waals surface area contributed by atoms with Gasteiger partial charge in [0.05, 0.1) is 35.3 Å². The lowest BCUT2D eigenvalue weighted by atomic mass is 9.85. The largest absolute Gasteiger partial charge is 0.465 e. The van der Waals surface area contributed by atoms with Gasteiger partial charge in [0.25, 0.3) is 0 Å². The summed E-state index contributed by atoms with van der Waals surface area (Å²) in [4.78, 5) is 37.2. The van der Waals surface area contributed by atoms with Crippen LogP contribution in [0.25, 0.3) is 32.8 Å². The maximum Gasteiger partial charge on any atom is 0.340 e. The Morgan fingerprint density at radius 3 is 2.21 bits per heavy atom. The molecular weight excluding hydrogens is 494 g/mol. The van der Waals surface area contributed by atoms with E-state index in [2.05, 4.69) is 5.32 Å². The molecule has 1 fully saturated rings. The van der Waals surface area contributed by atoms with Crippen molar-refractivity contribution >= 4 is 44.8 Å². The third-order valence-corrected chi connectivity index (χ3v) is 7.48. The molecule has 1 N–H and O–H groups in total. The highest BCUT2D eigenvalue weighted by Crippen LogP contribution is 2.48. The van der Waals surface area contributed by atoms with Gasteiger partial charge in [-0.1, -0.05) is 55.7 Å². The van der Waals surface area contributed by atoms with Gasteiger partial charge in [0.2, 0.25) is 5.88 Å². The van der Waals surface area contributed by atoms with Gasteiger partial charge in [-0.15, -0.1) is 0 Å². The van der Waals surface area contributed by atoms with Gasteiger partial charge in [-0.05, 0) is 38.8 Å². The maximum absolute atomic E-state index is 13.8. The smallest absolute Gasteiger partial charge is 0.340 e. The zero-order valence-corrected chi connectivity index (χ0v) is 22.2. The molecule has 4 aromatic rings. The van der Waals surface area contributed by atoms with Crippen molar-refractivity contribution in [2.45, 2.75) is 57.9 Å². The molecule has 0 radical (unpaired) electrons. The maximum atomic E-state index is 13.8. The Bertz CT molecular complexity index is 1620. The quantitative estimate of drug-likeness (QED) is 0.195. The summed E-state index contributed by atoms with van der Waals surface area (Å²) < 4.78 is 17.7. The van der Waals surface area contributed by atoms with E-state index in [1.807, 2.05) is 48.5 Å². The summed E-state index contributed by atoms with van der Waals surface area (Å²) in [7, 11) is 0. The van der Waals surface area contributed by atoms with Crippen LogP contribution in [0.5, 0.6) is 5.75 Å². The number of rotatable bonds is 6. The fraction of sp³-hybridized carbons (Fsp3) is 0.355. The predicted molar refractivity (Wildman–Crippen MR) is 148 cm³/mol. The molecule has 2 aliphatic rings. The predicted octanol–water partition coefficient (Wildman–Crippen LogP) is 5.67. The fourth-order valence-electron chi connectivity index (χ4n) is 5.75. The van der Waals surface area contributed by atoms with E-state index in [0.29, 0.717) is 27.9 Å². The van der Waals surface area contributed by atoms with Crippen LogP contribution in [0.2, 0.25) is 0 Å². The number of esters is 2. The second-order valence-electron chi connectivity index (χ2n) is 9.93. The van der Waals surface area contributed by atoms with Crippen molar-refractivity contribution in [2.24, 2.45) is 0 Å². The molecule has 6 rings (SSSR count). The molecule has 1 saturated carbocycles. The van der Waals surface area contributed by atoms with Crippen molar-refractivity contribution in [2.75, 3.05) is 13.2 Å². The van der Waals surface area contributed by atoms with Gasteiger partial charge in [0, 0.05) is 22.4 Å². The van der Waals surface area contributed by atoms with E-state index in [9.17, 15) is 9.59 Å². The van der Waals surface area contributed by atoms with Crippen LogP contribution in [-0.4, -0.2) is 41.2 Å². The molecule has 1 aliphatic carbocycles. The number of benzene rings is 3. The van der Waals surface area contributed by atoms with Crippen molar-refractivity contribution in [1.82, 2.24) is 15.3 Å². The molecule has 39 heavy (non-hydrogen) atoms.